The van der Waals surface area contributed by atoms with Crippen LogP contribution < -0.4 is 5.32 Å². The first kappa shape index (κ1) is 17.7. The largest absolute Gasteiger partial charge is 0.477 e. The number of thioether (sulfide) groups is 1. The van der Waals surface area contributed by atoms with Gasteiger partial charge in [0.05, 0.1) is 10.7 Å². The van der Waals surface area contributed by atoms with Gasteiger partial charge in [0, 0.05) is 5.69 Å². The van der Waals surface area contributed by atoms with Crippen LogP contribution >= 0.6 is 11.8 Å². The van der Waals surface area contributed by atoms with Gasteiger partial charge in [0.15, 0.2) is 0 Å². The van der Waals surface area contributed by atoms with Gasteiger partial charge in [0.1, 0.15) is 5.82 Å². The van der Waals surface area contributed by atoms with Crippen molar-refractivity contribution in [1.82, 2.24) is 0 Å². The highest BCUT2D eigenvalue weighted by atomic mass is 32.2. The van der Waals surface area contributed by atoms with Crippen molar-refractivity contribution in [2.75, 3.05) is 11.1 Å². The minimum absolute atomic E-state index is 0.0153. The molecule has 2 rings (SSSR count). The zero-order chi connectivity index (χ0) is 17.5. The third-order valence-electron chi connectivity index (χ3n) is 3.16. The molecule has 0 heterocycles. The third-order valence-corrected chi connectivity index (χ3v) is 4.17. The minimum atomic E-state index is -1.13. The molecule has 4 nitrogen and oxygen atoms in total. The number of nitrogens with one attached hydrogen (secondary N) is 1. The van der Waals surface area contributed by atoms with E-state index in [2.05, 4.69) is 5.32 Å². The Morgan fingerprint density at radius 2 is 1.83 bits per heavy atom. The highest BCUT2D eigenvalue weighted by Gasteiger charge is 2.12. The molecule has 0 fully saturated rings. The van der Waals surface area contributed by atoms with E-state index in [0.717, 1.165) is 17.3 Å². The number of para-hydroxylation sites is 1. The molecular weight excluding hydrogens is 329 g/mol. The normalized spacial score (nSPS) is 11.2. The summed E-state index contributed by atoms with van der Waals surface area (Å²) < 4.78 is 12.9. The lowest BCUT2D eigenvalue weighted by Gasteiger charge is -2.08. The number of amides is 1. The summed E-state index contributed by atoms with van der Waals surface area (Å²) in [7, 11) is 0. The molecule has 0 saturated heterocycles. The van der Waals surface area contributed by atoms with Crippen molar-refractivity contribution in [2.24, 2.45) is 0 Å². The smallest absolute Gasteiger partial charge is 0.342 e. The molecule has 2 aromatic carbocycles. The molecule has 0 aliphatic heterocycles. The number of halogens is 1. The number of carboxylic acids is 1. The number of carbonyl (C=O) groups is 2. The second-order valence-corrected chi connectivity index (χ2v) is 6.03. The van der Waals surface area contributed by atoms with E-state index in [1.807, 2.05) is 25.1 Å². The molecule has 0 atom stereocenters. The summed E-state index contributed by atoms with van der Waals surface area (Å²) >= 11 is 0.918. The fourth-order valence-corrected chi connectivity index (χ4v) is 2.62. The molecule has 1 amide bonds. The lowest BCUT2D eigenvalue weighted by Crippen LogP contribution is -2.15. The monoisotopic (exact) mass is 345 g/mol. The van der Waals surface area contributed by atoms with Crippen LogP contribution in [0.3, 0.4) is 0 Å². The second-order valence-electron chi connectivity index (χ2n) is 5.02. The van der Waals surface area contributed by atoms with E-state index in [1.54, 1.807) is 6.07 Å². The van der Waals surface area contributed by atoms with Crippen LogP contribution in [0.15, 0.2) is 53.4 Å². The van der Waals surface area contributed by atoms with Crippen molar-refractivity contribution in [3.8, 4) is 0 Å². The van der Waals surface area contributed by atoms with Crippen molar-refractivity contribution in [3.63, 3.8) is 0 Å². The summed E-state index contributed by atoms with van der Waals surface area (Å²) in [5.41, 5.74) is 2.18. The SMILES string of the molecule is Cc1ccccc1NC(=O)CS/C(=C/c1ccc(F)cc1)C(=O)O. The molecule has 0 saturated carbocycles. The first-order valence-electron chi connectivity index (χ1n) is 7.14. The quantitative estimate of drug-likeness (QED) is 0.779. The summed E-state index contributed by atoms with van der Waals surface area (Å²) in [5, 5.41) is 12.0. The van der Waals surface area contributed by atoms with Crippen LogP contribution in [0.5, 0.6) is 0 Å². The van der Waals surface area contributed by atoms with Gasteiger partial charge < -0.3 is 10.4 Å². The predicted molar refractivity (Wildman–Crippen MR) is 94.3 cm³/mol. The number of rotatable bonds is 6. The van der Waals surface area contributed by atoms with E-state index in [-0.39, 0.29) is 16.6 Å². The van der Waals surface area contributed by atoms with Crippen LogP contribution in [0.1, 0.15) is 11.1 Å². The van der Waals surface area contributed by atoms with E-state index in [0.29, 0.717) is 11.3 Å². The van der Waals surface area contributed by atoms with Gasteiger partial charge in [-0.3, -0.25) is 4.79 Å². The Labute approximate surface area is 143 Å². The summed E-state index contributed by atoms with van der Waals surface area (Å²) in [5.74, 6) is -1.85. The Hall–Kier alpha value is -2.60. The van der Waals surface area contributed by atoms with Gasteiger partial charge in [-0.15, -0.1) is 11.8 Å². The van der Waals surface area contributed by atoms with Crippen LogP contribution in [-0.4, -0.2) is 22.7 Å². The Morgan fingerprint density at radius 3 is 2.46 bits per heavy atom. The molecule has 124 valence electrons. The molecule has 0 radical (unpaired) electrons. The first-order valence-corrected chi connectivity index (χ1v) is 8.13. The van der Waals surface area contributed by atoms with E-state index < -0.39 is 11.8 Å². The van der Waals surface area contributed by atoms with E-state index in [1.165, 1.54) is 30.3 Å². The Balaban J connectivity index is 2.01. The van der Waals surface area contributed by atoms with Gasteiger partial charge in [-0.2, -0.15) is 0 Å². The number of carbonyl (C=O) groups excluding carboxylic acids is 1. The maximum atomic E-state index is 12.9. The number of carboxylic acid groups (broad SMARTS) is 1. The molecule has 0 spiro atoms. The van der Waals surface area contributed by atoms with Gasteiger partial charge in [0.25, 0.3) is 0 Å². The van der Waals surface area contributed by atoms with Crippen molar-refractivity contribution >= 4 is 35.4 Å². The van der Waals surface area contributed by atoms with Gasteiger partial charge in [-0.25, -0.2) is 9.18 Å². The lowest BCUT2D eigenvalue weighted by molar-refractivity contribution is -0.131. The highest BCUT2D eigenvalue weighted by molar-refractivity contribution is 8.04. The Kier molecular flexibility index (Phi) is 6.14. The predicted octanol–water partition coefficient (Wildman–Crippen LogP) is 3.93. The molecule has 24 heavy (non-hydrogen) atoms. The van der Waals surface area contributed by atoms with Crippen LogP contribution in [0.2, 0.25) is 0 Å². The van der Waals surface area contributed by atoms with Crippen LogP contribution in [0.25, 0.3) is 6.08 Å². The highest BCUT2D eigenvalue weighted by Crippen LogP contribution is 2.21. The van der Waals surface area contributed by atoms with Crippen LogP contribution in [-0.2, 0) is 9.59 Å². The van der Waals surface area contributed by atoms with E-state index in [9.17, 15) is 19.1 Å². The van der Waals surface area contributed by atoms with Crippen molar-refractivity contribution < 1.29 is 19.1 Å². The fourth-order valence-electron chi connectivity index (χ4n) is 1.92. The number of aliphatic carboxylic acids is 1. The zero-order valence-electron chi connectivity index (χ0n) is 13.0. The van der Waals surface area contributed by atoms with E-state index in [4.69, 9.17) is 0 Å². The summed E-state index contributed by atoms with van der Waals surface area (Å²) in [6.07, 6.45) is 1.41. The summed E-state index contributed by atoms with van der Waals surface area (Å²) in [6.45, 7) is 1.87. The van der Waals surface area contributed by atoms with Crippen molar-refractivity contribution in [2.45, 2.75) is 6.92 Å². The topological polar surface area (TPSA) is 66.4 Å². The number of hydrogen-bond acceptors (Lipinski definition) is 3. The summed E-state index contributed by atoms with van der Waals surface area (Å²) in [4.78, 5) is 23.3. The molecule has 0 aromatic heterocycles. The fraction of sp³-hybridized carbons (Fsp3) is 0.111. The van der Waals surface area contributed by atoms with Gasteiger partial charge in [-0.05, 0) is 42.3 Å². The van der Waals surface area contributed by atoms with Crippen molar-refractivity contribution in [1.29, 1.82) is 0 Å². The van der Waals surface area contributed by atoms with Crippen molar-refractivity contribution in [3.05, 3.63) is 70.4 Å². The maximum absolute atomic E-state index is 12.9. The number of aryl methyl sites for hydroxylation is 1. The van der Waals surface area contributed by atoms with Gasteiger partial charge >= 0.3 is 5.97 Å². The number of benzene rings is 2. The summed E-state index contributed by atoms with van der Waals surface area (Å²) in [6, 6.07) is 12.8. The number of anilines is 1. The Morgan fingerprint density at radius 1 is 1.17 bits per heavy atom. The van der Waals surface area contributed by atoms with E-state index >= 15 is 0 Å². The van der Waals surface area contributed by atoms with Gasteiger partial charge in [0.2, 0.25) is 5.91 Å². The van der Waals surface area contributed by atoms with Crippen LogP contribution in [0, 0.1) is 12.7 Å². The zero-order valence-corrected chi connectivity index (χ0v) is 13.8. The molecular formula is C18H16FNO3S. The third kappa shape index (κ3) is 5.24. The molecule has 0 unspecified atom stereocenters. The van der Waals surface area contributed by atoms with Gasteiger partial charge in [-0.1, -0.05) is 30.3 Å². The maximum Gasteiger partial charge on any atom is 0.342 e. The molecule has 0 bridgehead atoms. The number of hydrogen-bond donors (Lipinski definition) is 2. The Bertz CT molecular complexity index is 772. The second kappa shape index (κ2) is 8.31. The molecule has 6 heteroatoms. The molecule has 0 aliphatic rings. The van der Waals surface area contributed by atoms with Crippen LogP contribution in [0.4, 0.5) is 10.1 Å². The lowest BCUT2D eigenvalue weighted by atomic mass is 10.2. The first-order chi connectivity index (χ1) is 11.5. The molecule has 0 aliphatic carbocycles. The standard InChI is InChI=1S/C18H16FNO3S/c1-12-4-2-3-5-15(12)20-17(21)11-24-16(18(22)23)10-13-6-8-14(19)9-7-13/h2-10H,11H2,1H3,(H,20,21)(H,22,23)/b16-10+. The average molecular weight is 345 g/mol. The molecule has 2 aromatic rings. The minimum Gasteiger partial charge on any atom is -0.477 e. The molecule has 2 N–H and O–H groups in total. The average Bonchev–Trinajstić information content (AvgIpc) is 2.55.